The van der Waals surface area contributed by atoms with Gasteiger partial charge in [0.15, 0.2) is 0 Å². The Morgan fingerprint density at radius 1 is 1.15 bits per heavy atom. The summed E-state index contributed by atoms with van der Waals surface area (Å²) in [6.07, 6.45) is 2.69. The average Bonchev–Trinajstić information content (AvgIpc) is 2.75. The molecule has 2 bridgehead atoms. The predicted molar refractivity (Wildman–Crippen MR) is 53.7 cm³/mol. The fourth-order valence-corrected chi connectivity index (χ4v) is 3.24. The molecule has 0 aromatic heterocycles. The van der Waals surface area contributed by atoms with Crippen LogP contribution in [0.2, 0.25) is 0 Å². The van der Waals surface area contributed by atoms with Gasteiger partial charge in [-0.25, -0.2) is 0 Å². The second-order valence-electron chi connectivity index (χ2n) is 4.40. The summed E-state index contributed by atoms with van der Waals surface area (Å²) in [5, 5.41) is 0. The van der Waals surface area contributed by atoms with Crippen LogP contribution in [0.3, 0.4) is 0 Å². The van der Waals surface area contributed by atoms with Crippen LogP contribution in [-0.2, 0) is 0 Å². The van der Waals surface area contributed by atoms with E-state index in [1.807, 2.05) is 0 Å². The molecule has 1 heteroatoms. The molecule has 13 heavy (non-hydrogen) atoms. The van der Waals surface area contributed by atoms with Gasteiger partial charge in [-0.15, -0.1) is 0 Å². The third-order valence-corrected chi connectivity index (χ3v) is 3.83. The van der Waals surface area contributed by atoms with Crippen LogP contribution in [0.4, 0.5) is 0 Å². The molecule has 0 unspecified atom stereocenters. The van der Waals surface area contributed by atoms with Crippen molar-refractivity contribution in [2.24, 2.45) is 11.7 Å². The van der Waals surface area contributed by atoms with E-state index in [0.717, 1.165) is 24.3 Å². The second kappa shape index (κ2) is 2.58. The topological polar surface area (TPSA) is 26.0 Å². The van der Waals surface area contributed by atoms with Gasteiger partial charge in [-0.1, -0.05) is 24.3 Å². The van der Waals surface area contributed by atoms with Crippen LogP contribution >= 0.6 is 0 Å². The van der Waals surface area contributed by atoms with Gasteiger partial charge in [0.1, 0.15) is 0 Å². The summed E-state index contributed by atoms with van der Waals surface area (Å²) in [5.74, 6) is 2.38. The van der Waals surface area contributed by atoms with E-state index in [0.29, 0.717) is 0 Å². The van der Waals surface area contributed by atoms with Gasteiger partial charge in [0.2, 0.25) is 0 Å². The van der Waals surface area contributed by atoms with E-state index >= 15 is 0 Å². The summed E-state index contributed by atoms with van der Waals surface area (Å²) in [5.41, 5.74) is 8.98. The molecule has 0 radical (unpaired) electrons. The van der Waals surface area contributed by atoms with Crippen molar-refractivity contribution in [2.75, 3.05) is 6.54 Å². The van der Waals surface area contributed by atoms with Gasteiger partial charge in [0.05, 0.1) is 0 Å². The van der Waals surface area contributed by atoms with Gasteiger partial charge in [-0.2, -0.15) is 0 Å². The van der Waals surface area contributed by atoms with Crippen molar-refractivity contribution in [3.8, 4) is 0 Å². The average molecular weight is 173 g/mol. The minimum atomic E-state index is 0.764. The Labute approximate surface area is 78.9 Å². The molecule has 2 aliphatic rings. The van der Waals surface area contributed by atoms with Gasteiger partial charge < -0.3 is 5.73 Å². The molecule has 1 aromatic rings. The molecule has 1 fully saturated rings. The Hall–Kier alpha value is -0.820. The highest BCUT2D eigenvalue weighted by atomic mass is 14.6. The van der Waals surface area contributed by atoms with Crippen molar-refractivity contribution in [3.63, 3.8) is 0 Å². The van der Waals surface area contributed by atoms with Crippen LogP contribution < -0.4 is 5.73 Å². The highest BCUT2D eigenvalue weighted by molar-refractivity contribution is 5.41. The predicted octanol–water partition coefficient (Wildman–Crippen LogP) is 2.24. The van der Waals surface area contributed by atoms with Crippen LogP contribution in [0.25, 0.3) is 0 Å². The zero-order valence-corrected chi connectivity index (χ0v) is 7.74. The van der Waals surface area contributed by atoms with Crippen LogP contribution in [0.15, 0.2) is 24.3 Å². The van der Waals surface area contributed by atoms with E-state index in [1.165, 1.54) is 12.8 Å². The summed E-state index contributed by atoms with van der Waals surface area (Å²) in [6, 6.07) is 8.92. The Balaban J connectivity index is 2.07. The molecule has 0 aliphatic heterocycles. The van der Waals surface area contributed by atoms with Gasteiger partial charge in [-0.3, -0.25) is 0 Å². The molecule has 0 saturated heterocycles. The maximum Gasteiger partial charge on any atom is -0.00428 e. The number of hydrogen-bond acceptors (Lipinski definition) is 1. The van der Waals surface area contributed by atoms with Gasteiger partial charge >= 0.3 is 0 Å². The first-order valence-electron chi connectivity index (χ1n) is 5.19. The minimum Gasteiger partial charge on any atom is -0.330 e. The molecule has 0 heterocycles. The molecule has 68 valence electrons. The number of rotatable bonds is 1. The number of nitrogens with two attached hydrogens (primary N) is 1. The molecule has 2 N–H and O–H groups in total. The number of hydrogen-bond donors (Lipinski definition) is 1. The minimum absolute atomic E-state index is 0.764. The monoisotopic (exact) mass is 173 g/mol. The molecule has 2 aliphatic carbocycles. The third kappa shape index (κ3) is 0.910. The SMILES string of the molecule is NC[C@H]1C[C@@H]2C[C@H]1c1ccccc12. The van der Waals surface area contributed by atoms with Crippen molar-refractivity contribution in [1.29, 1.82) is 0 Å². The second-order valence-corrected chi connectivity index (χ2v) is 4.40. The first kappa shape index (κ1) is 7.57. The summed E-state index contributed by atoms with van der Waals surface area (Å²) < 4.78 is 0. The fourth-order valence-electron chi connectivity index (χ4n) is 3.24. The molecule has 0 spiro atoms. The molecule has 1 aromatic carbocycles. The molecule has 3 atom stereocenters. The lowest BCUT2D eigenvalue weighted by Gasteiger charge is -2.22. The molecular formula is C12H15N. The standard InChI is InChI=1S/C12H15N/c13-7-9-5-8-6-12(9)11-4-2-1-3-10(8)11/h1-4,8-9,12H,5-7,13H2/t8-,9-,12-/m1/s1. The molecule has 1 saturated carbocycles. The summed E-state index contributed by atoms with van der Waals surface area (Å²) in [7, 11) is 0. The quantitative estimate of drug-likeness (QED) is 0.692. The first-order chi connectivity index (χ1) is 6.40. The molecule has 0 amide bonds. The van der Waals surface area contributed by atoms with Crippen LogP contribution in [0.5, 0.6) is 0 Å². The van der Waals surface area contributed by atoms with Crippen molar-refractivity contribution in [2.45, 2.75) is 24.7 Å². The van der Waals surface area contributed by atoms with E-state index < -0.39 is 0 Å². The smallest absolute Gasteiger partial charge is 0.00428 e. The number of fused-ring (bicyclic) bond motifs is 5. The largest absolute Gasteiger partial charge is 0.330 e. The summed E-state index contributed by atoms with van der Waals surface area (Å²) >= 11 is 0. The van der Waals surface area contributed by atoms with Crippen LogP contribution in [-0.4, -0.2) is 6.54 Å². The lowest BCUT2D eigenvalue weighted by molar-refractivity contribution is 0.479. The third-order valence-electron chi connectivity index (χ3n) is 3.83. The lowest BCUT2D eigenvalue weighted by Crippen LogP contribution is -2.19. The summed E-state index contributed by atoms with van der Waals surface area (Å²) in [6.45, 7) is 0.871. The Morgan fingerprint density at radius 3 is 2.69 bits per heavy atom. The lowest BCUT2D eigenvalue weighted by atomic mass is 9.84. The van der Waals surface area contributed by atoms with E-state index in [1.54, 1.807) is 11.1 Å². The van der Waals surface area contributed by atoms with Crippen molar-refractivity contribution in [3.05, 3.63) is 35.4 Å². The van der Waals surface area contributed by atoms with Crippen LogP contribution in [0.1, 0.15) is 35.8 Å². The van der Waals surface area contributed by atoms with Crippen molar-refractivity contribution in [1.82, 2.24) is 0 Å². The zero-order chi connectivity index (χ0) is 8.84. The molecule has 1 nitrogen and oxygen atoms in total. The van der Waals surface area contributed by atoms with Gasteiger partial charge in [0, 0.05) is 0 Å². The van der Waals surface area contributed by atoms with E-state index in [2.05, 4.69) is 24.3 Å². The normalized spacial score (nSPS) is 35.0. The Kier molecular flexibility index (Phi) is 1.50. The first-order valence-corrected chi connectivity index (χ1v) is 5.19. The van der Waals surface area contributed by atoms with Crippen molar-refractivity contribution >= 4 is 0 Å². The zero-order valence-electron chi connectivity index (χ0n) is 7.74. The van der Waals surface area contributed by atoms with E-state index in [9.17, 15) is 0 Å². The maximum absolute atomic E-state index is 5.78. The summed E-state index contributed by atoms with van der Waals surface area (Å²) in [4.78, 5) is 0. The maximum atomic E-state index is 5.78. The molecule has 3 rings (SSSR count). The van der Waals surface area contributed by atoms with E-state index in [4.69, 9.17) is 5.73 Å². The fraction of sp³-hybridized carbons (Fsp3) is 0.500. The van der Waals surface area contributed by atoms with E-state index in [-0.39, 0.29) is 0 Å². The Bertz CT molecular complexity index is 330. The van der Waals surface area contributed by atoms with Crippen molar-refractivity contribution < 1.29 is 0 Å². The Morgan fingerprint density at radius 2 is 1.92 bits per heavy atom. The van der Waals surface area contributed by atoms with Crippen LogP contribution in [0, 0.1) is 5.92 Å². The highest BCUT2D eigenvalue weighted by Crippen LogP contribution is 2.55. The van der Waals surface area contributed by atoms with Gasteiger partial charge in [-0.05, 0) is 48.3 Å². The number of benzene rings is 1. The highest BCUT2D eigenvalue weighted by Gasteiger charge is 2.42. The van der Waals surface area contributed by atoms with Gasteiger partial charge in [0.25, 0.3) is 0 Å². The molecular weight excluding hydrogens is 158 g/mol.